The highest BCUT2D eigenvalue weighted by Crippen LogP contribution is 2.51. The molecule has 0 heterocycles. The summed E-state index contributed by atoms with van der Waals surface area (Å²) in [7, 11) is 0. The summed E-state index contributed by atoms with van der Waals surface area (Å²) in [5.74, 6) is 0.358. The van der Waals surface area contributed by atoms with E-state index in [1.807, 2.05) is 20.8 Å². The van der Waals surface area contributed by atoms with Crippen molar-refractivity contribution in [3.63, 3.8) is 0 Å². The van der Waals surface area contributed by atoms with E-state index in [9.17, 15) is 9.90 Å². The van der Waals surface area contributed by atoms with E-state index in [0.717, 1.165) is 24.0 Å². The molecule has 0 aliphatic heterocycles. The Bertz CT molecular complexity index is 312. The van der Waals surface area contributed by atoms with E-state index in [1.54, 1.807) is 0 Å². The molecule has 1 unspecified atom stereocenters. The summed E-state index contributed by atoms with van der Waals surface area (Å²) in [6, 6.07) is 0. The van der Waals surface area contributed by atoms with Crippen LogP contribution in [0.2, 0.25) is 0 Å². The molecule has 3 aliphatic carbocycles. The summed E-state index contributed by atoms with van der Waals surface area (Å²) in [6.45, 7) is 6.03. The number of Topliss-reactive ketones (excluding diaryl/α,β-unsaturated/α-hetero) is 1. The van der Waals surface area contributed by atoms with Gasteiger partial charge in [0.05, 0.1) is 6.10 Å². The van der Waals surface area contributed by atoms with Crippen molar-refractivity contribution in [2.75, 3.05) is 0 Å². The quantitative estimate of drug-likeness (QED) is 0.599. The maximum Gasteiger partial charge on any atom is 0.140 e. The Hall–Kier alpha value is -0.630. The van der Waals surface area contributed by atoms with Crippen molar-refractivity contribution in [3.05, 3.63) is 11.1 Å². The Morgan fingerprint density at radius 2 is 2.14 bits per heavy atom. The van der Waals surface area contributed by atoms with Gasteiger partial charge in [0.15, 0.2) is 0 Å². The maximum atomic E-state index is 11.8. The van der Waals surface area contributed by atoms with Crippen molar-refractivity contribution < 1.29 is 9.90 Å². The van der Waals surface area contributed by atoms with Crippen LogP contribution in [-0.4, -0.2) is 17.0 Å². The van der Waals surface area contributed by atoms with Gasteiger partial charge in [-0.3, -0.25) is 4.79 Å². The number of fused-ring (bicyclic) bond motifs is 3. The fourth-order valence-corrected chi connectivity index (χ4v) is 2.99. The van der Waals surface area contributed by atoms with Crippen LogP contribution in [0, 0.1) is 11.3 Å². The zero-order chi connectivity index (χ0) is 10.5. The largest absolute Gasteiger partial charge is 0.388 e. The van der Waals surface area contributed by atoms with Crippen molar-refractivity contribution >= 4 is 5.78 Å². The number of carbonyl (C=O) groups excluding carboxylic acids is 1. The zero-order valence-electron chi connectivity index (χ0n) is 9.13. The normalized spacial score (nSPS) is 41.7. The summed E-state index contributed by atoms with van der Waals surface area (Å²) >= 11 is 0. The highest BCUT2D eigenvalue weighted by molar-refractivity contribution is 5.87. The van der Waals surface area contributed by atoms with Gasteiger partial charge in [0.1, 0.15) is 5.78 Å². The van der Waals surface area contributed by atoms with Crippen LogP contribution in [0.3, 0.4) is 0 Å². The molecule has 3 atom stereocenters. The van der Waals surface area contributed by atoms with Gasteiger partial charge in [-0.15, -0.1) is 0 Å². The molecule has 0 aromatic carbocycles. The molecule has 0 amide bonds. The van der Waals surface area contributed by atoms with Crippen LogP contribution in [0.15, 0.2) is 11.1 Å². The van der Waals surface area contributed by atoms with Gasteiger partial charge in [0, 0.05) is 17.8 Å². The van der Waals surface area contributed by atoms with Gasteiger partial charge in [-0.1, -0.05) is 12.5 Å². The SMILES string of the molecule is CC(C)=C1C(O)[C@@]2(C)CC[C@@H]1C(=O)C2. The topological polar surface area (TPSA) is 37.3 Å². The van der Waals surface area contributed by atoms with Gasteiger partial charge in [-0.2, -0.15) is 0 Å². The monoisotopic (exact) mass is 194 g/mol. The predicted octanol–water partition coefficient (Wildman–Crippen LogP) is 2.07. The van der Waals surface area contributed by atoms with E-state index in [0.29, 0.717) is 12.2 Å². The van der Waals surface area contributed by atoms with Crippen LogP contribution in [0.4, 0.5) is 0 Å². The molecule has 1 N–H and O–H groups in total. The lowest BCUT2D eigenvalue weighted by atomic mass is 9.56. The molecule has 3 saturated carbocycles. The van der Waals surface area contributed by atoms with Crippen LogP contribution in [-0.2, 0) is 4.79 Å². The van der Waals surface area contributed by atoms with Crippen molar-refractivity contribution in [3.8, 4) is 0 Å². The molecule has 2 bridgehead atoms. The summed E-state index contributed by atoms with van der Waals surface area (Å²) in [6.07, 6.45) is 2.10. The molecule has 0 aromatic rings. The van der Waals surface area contributed by atoms with E-state index in [4.69, 9.17) is 0 Å². The summed E-state index contributed by atoms with van der Waals surface area (Å²) in [5, 5.41) is 10.2. The summed E-state index contributed by atoms with van der Waals surface area (Å²) < 4.78 is 0. The molecule has 0 saturated heterocycles. The second-order valence-corrected chi connectivity index (χ2v) is 5.25. The molecule has 0 spiro atoms. The molecular formula is C12H18O2. The third-order valence-corrected chi connectivity index (χ3v) is 3.88. The molecule has 0 radical (unpaired) electrons. The molecule has 78 valence electrons. The number of ketones is 1. The molecule has 0 aromatic heterocycles. The Balaban J connectivity index is 2.48. The molecule has 14 heavy (non-hydrogen) atoms. The van der Waals surface area contributed by atoms with E-state index >= 15 is 0 Å². The first kappa shape index (κ1) is 9.91. The summed E-state index contributed by atoms with van der Waals surface area (Å²) in [4.78, 5) is 11.8. The second kappa shape index (κ2) is 2.93. The Morgan fingerprint density at radius 1 is 1.50 bits per heavy atom. The molecule has 3 aliphatic rings. The van der Waals surface area contributed by atoms with Crippen LogP contribution < -0.4 is 0 Å². The number of hydrogen-bond acceptors (Lipinski definition) is 2. The number of allylic oxidation sites excluding steroid dienone is 1. The van der Waals surface area contributed by atoms with E-state index in [2.05, 4.69) is 0 Å². The van der Waals surface area contributed by atoms with Crippen molar-refractivity contribution in [2.24, 2.45) is 11.3 Å². The van der Waals surface area contributed by atoms with E-state index in [1.165, 1.54) is 0 Å². The van der Waals surface area contributed by atoms with Crippen molar-refractivity contribution in [2.45, 2.75) is 46.1 Å². The third-order valence-electron chi connectivity index (χ3n) is 3.88. The minimum absolute atomic E-state index is 0.0248. The minimum Gasteiger partial charge on any atom is -0.388 e. The van der Waals surface area contributed by atoms with Gasteiger partial charge in [-0.25, -0.2) is 0 Å². The summed E-state index contributed by atoms with van der Waals surface area (Å²) in [5.41, 5.74) is 1.95. The fourth-order valence-electron chi connectivity index (χ4n) is 2.99. The molecule has 2 heteroatoms. The van der Waals surface area contributed by atoms with Crippen molar-refractivity contribution in [1.82, 2.24) is 0 Å². The van der Waals surface area contributed by atoms with Crippen LogP contribution >= 0.6 is 0 Å². The van der Waals surface area contributed by atoms with E-state index in [-0.39, 0.29) is 17.4 Å². The van der Waals surface area contributed by atoms with Gasteiger partial charge < -0.3 is 5.11 Å². The number of carbonyl (C=O) groups is 1. The lowest BCUT2D eigenvalue weighted by Gasteiger charge is -2.49. The fraction of sp³-hybridized carbons (Fsp3) is 0.750. The first-order chi connectivity index (χ1) is 6.46. The van der Waals surface area contributed by atoms with Crippen LogP contribution in [0.5, 0.6) is 0 Å². The number of rotatable bonds is 0. The lowest BCUT2D eigenvalue weighted by Crippen LogP contribution is -2.50. The Morgan fingerprint density at radius 3 is 2.64 bits per heavy atom. The highest BCUT2D eigenvalue weighted by atomic mass is 16.3. The smallest absolute Gasteiger partial charge is 0.140 e. The van der Waals surface area contributed by atoms with Crippen LogP contribution in [0.25, 0.3) is 0 Å². The molecule has 3 fully saturated rings. The molecule has 3 rings (SSSR count). The Labute approximate surface area is 85.0 Å². The average molecular weight is 194 g/mol. The van der Waals surface area contributed by atoms with Gasteiger partial charge in [-0.05, 0) is 32.3 Å². The number of aliphatic hydroxyl groups excluding tert-OH is 1. The standard InChI is InChI=1S/C12H18O2/c1-7(2)10-8-4-5-12(3,11(10)14)6-9(8)13/h8,11,14H,4-6H2,1-3H3/t8-,11?,12+/m1/s1. The predicted molar refractivity (Wildman–Crippen MR) is 54.8 cm³/mol. The van der Waals surface area contributed by atoms with Gasteiger partial charge in [0.25, 0.3) is 0 Å². The first-order valence-corrected chi connectivity index (χ1v) is 5.34. The minimum atomic E-state index is -0.385. The van der Waals surface area contributed by atoms with E-state index < -0.39 is 0 Å². The van der Waals surface area contributed by atoms with Gasteiger partial charge >= 0.3 is 0 Å². The highest BCUT2D eigenvalue weighted by Gasteiger charge is 2.51. The Kier molecular flexibility index (Phi) is 2.07. The van der Waals surface area contributed by atoms with Gasteiger partial charge in [0.2, 0.25) is 0 Å². The zero-order valence-corrected chi connectivity index (χ0v) is 9.13. The molecule has 2 nitrogen and oxygen atoms in total. The average Bonchev–Trinajstić information content (AvgIpc) is 2.07. The maximum absolute atomic E-state index is 11.8. The number of hydrogen-bond donors (Lipinski definition) is 1. The first-order valence-electron chi connectivity index (χ1n) is 5.34. The third kappa shape index (κ3) is 1.17. The number of aliphatic hydroxyl groups is 1. The lowest BCUT2D eigenvalue weighted by molar-refractivity contribution is -0.135. The molecular weight excluding hydrogens is 176 g/mol. The van der Waals surface area contributed by atoms with Crippen LogP contribution in [0.1, 0.15) is 40.0 Å². The second-order valence-electron chi connectivity index (χ2n) is 5.25. The van der Waals surface area contributed by atoms with Crippen molar-refractivity contribution in [1.29, 1.82) is 0 Å².